The van der Waals surface area contributed by atoms with Gasteiger partial charge in [-0.05, 0) is 38.5 Å². The van der Waals surface area contributed by atoms with Gasteiger partial charge in [0.15, 0.2) is 11.6 Å². The molecule has 2 aromatic rings. The number of carbonyl (C=O) groups is 2. The molecule has 1 unspecified atom stereocenters. The first-order valence-corrected chi connectivity index (χ1v) is 12.8. The first kappa shape index (κ1) is 27.7. The number of ether oxygens (including phenoxy) is 2. The molecule has 2 fully saturated rings. The molecule has 0 N–H and O–H groups in total. The number of rotatable bonds is 4. The Hall–Kier alpha value is -3.84. The molecule has 0 spiro atoms. The summed E-state index contributed by atoms with van der Waals surface area (Å²) in [6, 6.07) is 3.19. The fourth-order valence-electron chi connectivity index (χ4n) is 5.23. The normalized spacial score (nSPS) is 21.7. The molecular formula is C26H29F4N5O5. The summed E-state index contributed by atoms with van der Waals surface area (Å²) in [6.45, 7) is 4.65. The lowest BCUT2D eigenvalue weighted by Crippen LogP contribution is -2.57. The van der Waals surface area contributed by atoms with Crippen molar-refractivity contribution in [2.45, 2.75) is 64.0 Å². The summed E-state index contributed by atoms with van der Waals surface area (Å²) >= 11 is 0. The molecule has 216 valence electrons. The molecule has 40 heavy (non-hydrogen) atoms. The van der Waals surface area contributed by atoms with E-state index in [0.717, 1.165) is 17.0 Å². The number of aromatic nitrogens is 2. The van der Waals surface area contributed by atoms with Crippen molar-refractivity contribution in [1.82, 2.24) is 19.4 Å². The number of benzene rings is 1. The van der Waals surface area contributed by atoms with E-state index >= 15 is 0 Å². The first-order chi connectivity index (χ1) is 18.7. The third-order valence-corrected chi connectivity index (χ3v) is 7.00. The molecule has 2 atom stereocenters. The molecule has 3 aliphatic heterocycles. The van der Waals surface area contributed by atoms with E-state index in [1.165, 1.54) is 15.5 Å². The van der Waals surface area contributed by atoms with Crippen LogP contribution in [0.3, 0.4) is 0 Å². The molecule has 2 amide bonds. The minimum atomic E-state index is -3.22. The van der Waals surface area contributed by atoms with Crippen LogP contribution in [-0.2, 0) is 22.7 Å². The van der Waals surface area contributed by atoms with E-state index in [-0.39, 0.29) is 38.2 Å². The second-order valence-electron chi connectivity index (χ2n) is 11.2. The summed E-state index contributed by atoms with van der Waals surface area (Å²) in [4.78, 5) is 46.8. The lowest BCUT2D eigenvalue weighted by molar-refractivity contribution is -0.137. The predicted octanol–water partition coefficient (Wildman–Crippen LogP) is 2.78. The lowest BCUT2D eigenvalue weighted by atomic mass is 10.1. The predicted molar refractivity (Wildman–Crippen MR) is 133 cm³/mol. The Labute approximate surface area is 227 Å². The lowest BCUT2D eigenvalue weighted by Gasteiger charge is -2.40. The number of piperazine rings is 1. The zero-order valence-corrected chi connectivity index (χ0v) is 22.2. The van der Waals surface area contributed by atoms with Gasteiger partial charge >= 0.3 is 11.8 Å². The summed E-state index contributed by atoms with van der Waals surface area (Å²) in [5.41, 5.74) is -1.15. The van der Waals surface area contributed by atoms with E-state index in [0.29, 0.717) is 17.9 Å². The highest BCUT2D eigenvalue weighted by molar-refractivity contribution is 5.87. The molecule has 1 aromatic carbocycles. The molecule has 0 saturated carbocycles. The van der Waals surface area contributed by atoms with Crippen LogP contribution in [0.25, 0.3) is 0 Å². The van der Waals surface area contributed by atoms with E-state index in [2.05, 4.69) is 4.98 Å². The van der Waals surface area contributed by atoms with Gasteiger partial charge in [0.05, 0.1) is 19.1 Å². The zero-order chi connectivity index (χ0) is 29.0. The fraction of sp³-hybridized carbons (Fsp3) is 0.538. The molecule has 3 aliphatic rings. The van der Waals surface area contributed by atoms with Gasteiger partial charge in [-0.25, -0.2) is 27.2 Å². The third-order valence-electron chi connectivity index (χ3n) is 7.00. The third kappa shape index (κ3) is 5.56. The number of anilines is 1. The minimum Gasteiger partial charge on any atom is -0.473 e. The summed E-state index contributed by atoms with van der Waals surface area (Å²) in [5, 5.41) is 0. The van der Waals surface area contributed by atoms with Crippen molar-refractivity contribution < 1.29 is 36.6 Å². The number of fused-ring (bicyclic) bond motifs is 3. The number of hydrogen-bond acceptors (Lipinski definition) is 7. The summed E-state index contributed by atoms with van der Waals surface area (Å²) < 4.78 is 67.6. The Bertz CT molecular complexity index is 1390. The van der Waals surface area contributed by atoms with Crippen molar-refractivity contribution in [2.75, 3.05) is 31.1 Å². The molecule has 4 heterocycles. The van der Waals surface area contributed by atoms with Crippen molar-refractivity contribution in [3.8, 4) is 5.88 Å². The summed E-state index contributed by atoms with van der Waals surface area (Å²) in [5.74, 6) is -5.31. The van der Waals surface area contributed by atoms with Crippen LogP contribution in [0.4, 0.5) is 28.2 Å². The number of nitrogens with zero attached hydrogens (tertiary/aromatic N) is 5. The van der Waals surface area contributed by atoms with Crippen LogP contribution in [0.1, 0.15) is 32.8 Å². The van der Waals surface area contributed by atoms with Gasteiger partial charge in [0.2, 0.25) is 11.8 Å². The van der Waals surface area contributed by atoms with Crippen molar-refractivity contribution >= 4 is 17.8 Å². The molecular weight excluding hydrogens is 538 g/mol. The number of alkyl halides is 2. The molecule has 0 aliphatic carbocycles. The first-order valence-electron chi connectivity index (χ1n) is 12.8. The van der Waals surface area contributed by atoms with Gasteiger partial charge in [0.25, 0.3) is 5.92 Å². The second-order valence-corrected chi connectivity index (χ2v) is 11.2. The van der Waals surface area contributed by atoms with Crippen molar-refractivity contribution in [1.29, 1.82) is 0 Å². The highest BCUT2D eigenvalue weighted by Gasteiger charge is 2.52. The summed E-state index contributed by atoms with van der Waals surface area (Å²) in [7, 11) is 0. The number of carbonyl (C=O) groups excluding carboxylic acids is 2. The summed E-state index contributed by atoms with van der Waals surface area (Å²) in [6.07, 6.45) is -1.76. The van der Waals surface area contributed by atoms with Crippen LogP contribution >= 0.6 is 0 Å². The van der Waals surface area contributed by atoms with Crippen LogP contribution in [0.2, 0.25) is 0 Å². The number of hydrogen-bond donors (Lipinski definition) is 0. The van der Waals surface area contributed by atoms with Crippen molar-refractivity contribution in [3.63, 3.8) is 0 Å². The molecule has 0 radical (unpaired) electrons. The van der Waals surface area contributed by atoms with Gasteiger partial charge in [-0.15, -0.1) is 0 Å². The molecule has 1 aromatic heterocycles. The van der Waals surface area contributed by atoms with Crippen LogP contribution in [-0.4, -0.2) is 81.1 Å². The maximum Gasteiger partial charge on any atom is 0.411 e. The average molecular weight is 568 g/mol. The Balaban J connectivity index is 1.27. The number of halogens is 4. The van der Waals surface area contributed by atoms with Gasteiger partial charge in [0, 0.05) is 32.1 Å². The second kappa shape index (κ2) is 9.97. The van der Waals surface area contributed by atoms with Gasteiger partial charge in [0.1, 0.15) is 24.1 Å². The smallest absolute Gasteiger partial charge is 0.411 e. The molecule has 2 saturated heterocycles. The van der Waals surface area contributed by atoms with Crippen LogP contribution in [0.5, 0.6) is 5.88 Å². The molecule has 14 heteroatoms. The molecule has 10 nitrogen and oxygen atoms in total. The van der Waals surface area contributed by atoms with E-state index in [1.54, 1.807) is 26.8 Å². The van der Waals surface area contributed by atoms with Gasteiger partial charge in [-0.3, -0.25) is 14.3 Å². The maximum atomic E-state index is 14.3. The van der Waals surface area contributed by atoms with Crippen LogP contribution in [0.15, 0.2) is 29.1 Å². The zero-order valence-electron chi connectivity index (χ0n) is 22.2. The Morgan fingerprint density at radius 1 is 1.10 bits per heavy atom. The van der Waals surface area contributed by atoms with Crippen molar-refractivity contribution in [3.05, 3.63) is 51.9 Å². The largest absolute Gasteiger partial charge is 0.473 e. The molecule has 5 rings (SSSR count). The van der Waals surface area contributed by atoms with E-state index in [1.807, 2.05) is 4.90 Å². The standard InChI is InChI=1S/C26H29F4N5O5/c1-25(2,3)40-24(38)35-14-26(29,30)10-19(35)22(36)32-6-7-33-16(11-32)12-34-21(33)9-20(31-23(34)37)39-13-15-4-5-17(27)18(28)8-15/h4-5,8-9,16,19H,6-7,10-14H2,1-3H3/t16?,19-/m0/s1. The van der Waals surface area contributed by atoms with Gasteiger partial charge in [-0.1, -0.05) is 6.07 Å². The number of likely N-dealkylation sites (tertiary alicyclic amines) is 1. The Kier molecular flexibility index (Phi) is 6.91. The van der Waals surface area contributed by atoms with Gasteiger partial charge in [-0.2, -0.15) is 4.98 Å². The minimum absolute atomic E-state index is 0.00123. The Morgan fingerprint density at radius 3 is 2.55 bits per heavy atom. The van der Waals surface area contributed by atoms with Crippen LogP contribution in [0, 0.1) is 11.6 Å². The van der Waals surface area contributed by atoms with Crippen LogP contribution < -0.4 is 15.3 Å². The Morgan fingerprint density at radius 2 is 1.85 bits per heavy atom. The quantitative estimate of drug-likeness (QED) is 0.525. The average Bonchev–Trinajstić information content (AvgIpc) is 3.40. The van der Waals surface area contributed by atoms with E-state index in [9.17, 15) is 31.9 Å². The monoisotopic (exact) mass is 567 g/mol. The highest BCUT2D eigenvalue weighted by Crippen LogP contribution is 2.35. The SMILES string of the molecule is CC(C)(C)OC(=O)N1CC(F)(F)C[C@H]1C(=O)N1CCN2c3cc(OCc4ccc(F)c(F)c4)nc(=O)n3CC2C1. The van der Waals surface area contributed by atoms with E-state index in [4.69, 9.17) is 9.47 Å². The van der Waals surface area contributed by atoms with Gasteiger partial charge < -0.3 is 19.3 Å². The maximum absolute atomic E-state index is 14.3. The molecule has 0 bridgehead atoms. The van der Waals surface area contributed by atoms with Crippen molar-refractivity contribution in [2.24, 2.45) is 0 Å². The topological polar surface area (TPSA) is 97.2 Å². The number of amides is 2. The highest BCUT2D eigenvalue weighted by atomic mass is 19.3. The van der Waals surface area contributed by atoms with E-state index < -0.39 is 59.9 Å². The fourth-order valence-corrected chi connectivity index (χ4v) is 5.23.